The molecule has 0 aromatic heterocycles. The van der Waals surface area contributed by atoms with Crippen LogP contribution in [0.2, 0.25) is 0 Å². The Kier molecular flexibility index (Phi) is 7.73. The summed E-state index contributed by atoms with van der Waals surface area (Å²) in [5.74, 6) is 2.90. The highest BCUT2D eigenvalue weighted by atomic mass is 16.6. The third-order valence-electron chi connectivity index (χ3n) is 4.81. The predicted molar refractivity (Wildman–Crippen MR) is 85.2 cm³/mol. The van der Waals surface area contributed by atoms with E-state index in [2.05, 4.69) is 21.7 Å². The Balaban J connectivity index is 2.04. The van der Waals surface area contributed by atoms with Gasteiger partial charge < -0.3 is 18.9 Å². The number of nitrogens with zero attached hydrogens (tertiary/aromatic N) is 1. The molecule has 132 valence electrons. The van der Waals surface area contributed by atoms with Crippen molar-refractivity contribution in [3.8, 4) is 12.3 Å². The van der Waals surface area contributed by atoms with Gasteiger partial charge in [0.15, 0.2) is 0 Å². The van der Waals surface area contributed by atoms with Crippen molar-refractivity contribution < 1.29 is 24.4 Å². The lowest BCUT2D eigenvalue weighted by Gasteiger charge is -2.42. The molecule has 7 heteroatoms. The van der Waals surface area contributed by atoms with Crippen molar-refractivity contribution >= 4 is 0 Å². The Labute approximate surface area is 138 Å². The maximum atomic E-state index is 5.97. The van der Waals surface area contributed by atoms with E-state index in [0.717, 1.165) is 32.7 Å². The van der Waals surface area contributed by atoms with Crippen LogP contribution >= 0.6 is 0 Å². The first-order valence-electron chi connectivity index (χ1n) is 8.15. The summed E-state index contributed by atoms with van der Waals surface area (Å²) < 4.78 is 22.9. The summed E-state index contributed by atoms with van der Waals surface area (Å²) >= 11 is 0. The van der Waals surface area contributed by atoms with Crippen LogP contribution in [0.15, 0.2) is 0 Å². The molecule has 7 nitrogen and oxygen atoms in total. The van der Waals surface area contributed by atoms with E-state index in [9.17, 15) is 0 Å². The molecule has 0 amide bonds. The van der Waals surface area contributed by atoms with Crippen molar-refractivity contribution in [2.75, 3.05) is 47.8 Å². The molecule has 3 unspecified atom stereocenters. The van der Waals surface area contributed by atoms with Crippen LogP contribution in [0.4, 0.5) is 0 Å². The van der Waals surface area contributed by atoms with Crippen LogP contribution in [0.25, 0.3) is 0 Å². The second-order valence-electron chi connectivity index (χ2n) is 6.10. The lowest BCUT2D eigenvalue weighted by molar-refractivity contribution is -0.785. The number of nitrogens with two attached hydrogens (primary N) is 1. The normalized spacial score (nSPS) is 33.5. The summed E-state index contributed by atoms with van der Waals surface area (Å²) in [7, 11) is 5.16. The fourth-order valence-corrected chi connectivity index (χ4v) is 3.60. The molecule has 2 rings (SSSR count). The zero-order chi connectivity index (χ0) is 16.7. The van der Waals surface area contributed by atoms with Crippen molar-refractivity contribution in [1.29, 1.82) is 0 Å². The average molecular weight is 328 g/mol. The molecule has 3 N–H and O–H groups in total. The van der Waals surface area contributed by atoms with E-state index >= 15 is 0 Å². The molecule has 3 atom stereocenters. The summed E-state index contributed by atoms with van der Waals surface area (Å²) in [6, 6.07) is 0. The standard InChI is InChI=1S/C16H29N3O4/c1-5-6-23-15(9-19-11-17-10-18-19)12-7-13(20-2)16(22-4)14(8-12)21-3/h1,12-18H,6-11H2,2-4H3/p+1. The minimum atomic E-state index is -0.0467. The van der Waals surface area contributed by atoms with Gasteiger partial charge in [-0.1, -0.05) is 5.92 Å². The van der Waals surface area contributed by atoms with Crippen molar-refractivity contribution in [3.05, 3.63) is 0 Å². The van der Waals surface area contributed by atoms with Crippen molar-refractivity contribution in [2.45, 2.75) is 37.3 Å². The lowest BCUT2D eigenvalue weighted by atomic mass is 9.79. The molecule has 1 aliphatic carbocycles. The first-order valence-corrected chi connectivity index (χ1v) is 8.15. The van der Waals surface area contributed by atoms with Crippen LogP contribution in [-0.4, -0.2) is 77.2 Å². The number of terminal acetylenes is 1. The number of rotatable bonds is 8. The summed E-state index contributed by atoms with van der Waals surface area (Å²) in [5.41, 5.74) is 2.16. The van der Waals surface area contributed by atoms with E-state index in [1.54, 1.807) is 21.3 Å². The first-order chi connectivity index (χ1) is 11.2. The number of ether oxygens (including phenoxy) is 4. The van der Waals surface area contributed by atoms with Crippen LogP contribution in [0.3, 0.4) is 0 Å². The zero-order valence-corrected chi connectivity index (χ0v) is 14.4. The Morgan fingerprint density at radius 1 is 1.22 bits per heavy atom. The molecule has 0 radical (unpaired) electrons. The molecule has 1 saturated heterocycles. The van der Waals surface area contributed by atoms with Crippen LogP contribution in [0.1, 0.15) is 12.8 Å². The quantitative estimate of drug-likeness (QED) is 0.429. The Hall–Kier alpha value is -0.720. The van der Waals surface area contributed by atoms with Gasteiger partial charge in [-0.05, 0) is 18.8 Å². The van der Waals surface area contributed by atoms with E-state index in [1.165, 1.54) is 0 Å². The maximum Gasteiger partial charge on any atom is 0.148 e. The Morgan fingerprint density at radius 3 is 2.39 bits per heavy atom. The number of methoxy groups -OCH3 is 3. The van der Waals surface area contributed by atoms with E-state index in [4.69, 9.17) is 25.4 Å². The fraction of sp³-hybridized carbons (Fsp3) is 0.875. The summed E-state index contributed by atoms with van der Waals surface area (Å²) in [6.45, 7) is 2.90. The summed E-state index contributed by atoms with van der Waals surface area (Å²) in [6.07, 6.45) is 7.15. The molecule has 0 aromatic rings. The topological polar surface area (TPSA) is 68.8 Å². The molecule has 0 aromatic carbocycles. The number of hydrogen-bond donors (Lipinski definition) is 2. The van der Waals surface area contributed by atoms with Crippen LogP contribution in [0, 0.1) is 18.3 Å². The third-order valence-corrected chi connectivity index (χ3v) is 4.81. The van der Waals surface area contributed by atoms with E-state index < -0.39 is 0 Å². The van der Waals surface area contributed by atoms with E-state index in [-0.39, 0.29) is 24.4 Å². The molecule has 1 heterocycles. The van der Waals surface area contributed by atoms with Crippen LogP contribution < -0.4 is 10.7 Å². The second-order valence-corrected chi connectivity index (χ2v) is 6.10. The molecule has 0 spiro atoms. The van der Waals surface area contributed by atoms with Gasteiger partial charge in [0.1, 0.15) is 26.0 Å². The number of quaternary nitrogens is 1. The van der Waals surface area contributed by atoms with Crippen molar-refractivity contribution in [1.82, 2.24) is 10.3 Å². The minimum absolute atomic E-state index is 0.00122. The average Bonchev–Trinajstić information content (AvgIpc) is 3.10. The second kappa shape index (κ2) is 9.55. The van der Waals surface area contributed by atoms with Gasteiger partial charge in [0, 0.05) is 21.3 Å². The third kappa shape index (κ3) is 4.88. The van der Waals surface area contributed by atoms with Gasteiger partial charge in [0.2, 0.25) is 0 Å². The van der Waals surface area contributed by atoms with Gasteiger partial charge in [0.05, 0.1) is 24.9 Å². The largest absolute Gasteiger partial charge is 0.379 e. The molecule has 2 aliphatic rings. The highest BCUT2D eigenvalue weighted by Crippen LogP contribution is 2.33. The summed E-state index contributed by atoms with van der Waals surface area (Å²) in [4.78, 5) is 0. The molecule has 23 heavy (non-hydrogen) atoms. The van der Waals surface area contributed by atoms with Crippen molar-refractivity contribution in [3.63, 3.8) is 0 Å². The lowest BCUT2D eigenvalue weighted by Crippen LogP contribution is -2.91. The van der Waals surface area contributed by atoms with Gasteiger partial charge in [-0.3, -0.25) is 10.7 Å². The van der Waals surface area contributed by atoms with Gasteiger partial charge in [-0.25, -0.2) is 0 Å². The van der Waals surface area contributed by atoms with Gasteiger partial charge in [-0.2, -0.15) is 0 Å². The Bertz CT molecular complexity index is 370. The SMILES string of the molecule is C#CCOC(CN1CNC[NH2+]1)C1CC(OC)C(OC)C(OC)C1. The first kappa shape index (κ1) is 18.6. The van der Waals surface area contributed by atoms with E-state index in [0.29, 0.717) is 12.5 Å². The predicted octanol–water partition coefficient (Wildman–Crippen LogP) is -1.24. The fourth-order valence-electron chi connectivity index (χ4n) is 3.60. The Morgan fingerprint density at radius 2 is 1.91 bits per heavy atom. The zero-order valence-electron chi connectivity index (χ0n) is 14.4. The molecule has 1 saturated carbocycles. The van der Waals surface area contributed by atoms with E-state index in [1.807, 2.05) is 0 Å². The van der Waals surface area contributed by atoms with Gasteiger partial charge >= 0.3 is 0 Å². The number of hydrogen-bond acceptors (Lipinski definition) is 6. The molecule has 2 fully saturated rings. The maximum absolute atomic E-state index is 5.97. The molecule has 0 bridgehead atoms. The minimum Gasteiger partial charge on any atom is -0.379 e. The van der Waals surface area contributed by atoms with Gasteiger partial charge in [-0.15, -0.1) is 11.4 Å². The highest BCUT2D eigenvalue weighted by molar-refractivity contribution is 4.93. The molecule has 1 aliphatic heterocycles. The monoisotopic (exact) mass is 328 g/mol. The number of nitrogens with one attached hydrogen (secondary N) is 1. The highest BCUT2D eigenvalue weighted by Gasteiger charge is 2.42. The smallest absolute Gasteiger partial charge is 0.148 e. The summed E-state index contributed by atoms with van der Waals surface area (Å²) in [5, 5.41) is 5.54. The molecular weight excluding hydrogens is 298 g/mol. The molecular formula is C16H30N3O4+. The van der Waals surface area contributed by atoms with Crippen LogP contribution in [0.5, 0.6) is 0 Å². The van der Waals surface area contributed by atoms with Gasteiger partial charge in [0.25, 0.3) is 0 Å². The van der Waals surface area contributed by atoms with Crippen LogP contribution in [-0.2, 0) is 18.9 Å². The van der Waals surface area contributed by atoms with Crippen molar-refractivity contribution in [2.24, 2.45) is 5.92 Å².